The van der Waals surface area contributed by atoms with Gasteiger partial charge >= 0.3 is 0 Å². The first-order valence-corrected chi connectivity index (χ1v) is 9.84. The lowest BCUT2D eigenvalue weighted by atomic mass is 9.95. The molecule has 144 valence electrons. The summed E-state index contributed by atoms with van der Waals surface area (Å²) in [5.41, 5.74) is 5.60. The van der Waals surface area contributed by atoms with Crippen LogP contribution in [0.2, 0.25) is 0 Å². The molecule has 0 unspecified atom stereocenters. The van der Waals surface area contributed by atoms with E-state index in [2.05, 4.69) is 54.4 Å². The van der Waals surface area contributed by atoms with E-state index >= 15 is 0 Å². The van der Waals surface area contributed by atoms with Gasteiger partial charge in [-0.2, -0.15) is 5.10 Å². The van der Waals surface area contributed by atoms with Crippen LogP contribution in [0.15, 0.2) is 71.8 Å². The smallest absolute Gasteiger partial charge is 0.231 e. The first-order chi connectivity index (χ1) is 14.3. The molecule has 0 aromatic heterocycles. The van der Waals surface area contributed by atoms with E-state index in [1.165, 1.54) is 11.1 Å². The summed E-state index contributed by atoms with van der Waals surface area (Å²) in [5.74, 6) is 2.50. The Balaban J connectivity index is 1.42. The molecule has 0 bridgehead atoms. The zero-order valence-corrected chi connectivity index (χ0v) is 16.0. The lowest BCUT2D eigenvalue weighted by Crippen LogP contribution is -2.33. The third-order valence-electron chi connectivity index (χ3n) is 5.77. The van der Waals surface area contributed by atoms with Crippen LogP contribution in [0.4, 0.5) is 0 Å². The summed E-state index contributed by atoms with van der Waals surface area (Å²) in [6.07, 6.45) is 0.574. The Morgan fingerprint density at radius 3 is 2.62 bits per heavy atom. The van der Waals surface area contributed by atoms with Crippen molar-refractivity contribution in [3.8, 4) is 17.2 Å². The number of fused-ring (bicyclic) bond motifs is 4. The summed E-state index contributed by atoms with van der Waals surface area (Å²) in [5, 5.41) is 7.12. The Hall–Kier alpha value is -3.47. The molecule has 3 aromatic rings. The van der Waals surface area contributed by atoms with Gasteiger partial charge in [0, 0.05) is 23.1 Å². The summed E-state index contributed by atoms with van der Waals surface area (Å²) in [6, 6.07) is 22.9. The molecule has 5 heteroatoms. The quantitative estimate of drug-likeness (QED) is 0.626. The van der Waals surface area contributed by atoms with Crippen LogP contribution >= 0.6 is 0 Å². The fraction of sp³-hybridized carbons (Fsp3) is 0.208. The number of hydrazone groups is 1. The molecule has 3 aromatic carbocycles. The molecule has 0 saturated carbocycles. The molecule has 3 aliphatic rings. The van der Waals surface area contributed by atoms with Crippen LogP contribution in [0.5, 0.6) is 17.2 Å². The fourth-order valence-corrected chi connectivity index (χ4v) is 4.24. The molecule has 29 heavy (non-hydrogen) atoms. The lowest BCUT2D eigenvalue weighted by Gasteiger charge is -2.38. The van der Waals surface area contributed by atoms with Crippen molar-refractivity contribution in [2.24, 2.45) is 5.10 Å². The molecule has 0 spiro atoms. The molecule has 0 amide bonds. The molecule has 0 fully saturated rings. The number of hydrogen-bond donors (Lipinski definition) is 0. The molecule has 5 nitrogen and oxygen atoms in total. The summed E-state index contributed by atoms with van der Waals surface area (Å²) < 4.78 is 17.4. The first-order valence-electron chi connectivity index (χ1n) is 9.84. The second-order valence-corrected chi connectivity index (χ2v) is 7.63. The molecule has 3 aliphatic heterocycles. The van der Waals surface area contributed by atoms with Crippen LogP contribution in [0.1, 0.15) is 40.9 Å². The second kappa shape index (κ2) is 6.27. The Morgan fingerprint density at radius 2 is 1.72 bits per heavy atom. The van der Waals surface area contributed by atoms with E-state index in [0.717, 1.165) is 40.5 Å². The molecular weight excluding hydrogens is 364 g/mol. The third-order valence-corrected chi connectivity index (χ3v) is 5.77. The third kappa shape index (κ3) is 2.65. The van der Waals surface area contributed by atoms with Crippen LogP contribution in [0.25, 0.3) is 0 Å². The van der Waals surface area contributed by atoms with Crippen LogP contribution < -0.4 is 14.2 Å². The normalized spacial score (nSPS) is 21.3. The van der Waals surface area contributed by atoms with Crippen LogP contribution in [0, 0.1) is 6.92 Å². The summed E-state index contributed by atoms with van der Waals surface area (Å²) in [6.45, 7) is 2.37. The van der Waals surface area contributed by atoms with Gasteiger partial charge in [0.15, 0.2) is 11.5 Å². The van der Waals surface area contributed by atoms with Gasteiger partial charge in [0.2, 0.25) is 13.0 Å². The zero-order chi connectivity index (χ0) is 19.4. The van der Waals surface area contributed by atoms with Crippen molar-refractivity contribution in [1.82, 2.24) is 5.01 Å². The van der Waals surface area contributed by atoms with Crippen molar-refractivity contribution < 1.29 is 14.2 Å². The average molecular weight is 384 g/mol. The van der Waals surface area contributed by atoms with Gasteiger partial charge < -0.3 is 14.2 Å². The van der Waals surface area contributed by atoms with Crippen molar-refractivity contribution in [3.05, 3.63) is 89.0 Å². The summed E-state index contributed by atoms with van der Waals surface area (Å²) in [7, 11) is 0. The van der Waals surface area contributed by atoms with E-state index in [4.69, 9.17) is 19.3 Å². The number of hydrogen-bond acceptors (Lipinski definition) is 5. The Morgan fingerprint density at radius 1 is 0.897 bits per heavy atom. The van der Waals surface area contributed by atoms with E-state index in [1.54, 1.807) is 0 Å². The van der Waals surface area contributed by atoms with E-state index < -0.39 is 0 Å². The van der Waals surface area contributed by atoms with Crippen LogP contribution in [0.3, 0.4) is 0 Å². The molecule has 0 saturated heterocycles. The fourth-order valence-electron chi connectivity index (χ4n) is 4.24. The molecule has 2 atom stereocenters. The first kappa shape index (κ1) is 16.5. The molecule has 3 heterocycles. The standard InChI is InChI=1S/C24H20N2O3/c1-15-6-8-16(9-7-15)24-26-20(18-4-2-3-5-21(18)29-24)13-19(25-26)17-10-11-22-23(12-17)28-14-27-22/h2-12,20,24H,13-14H2,1H3/t20-,24-/m0/s1. The van der Waals surface area contributed by atoms with E-state index in [-0.39, 0.29) is 19.1 Å². The van der Waals surface area contributed by atoms with Gasteiger partial charge in [0.05, 0.1) is 11.8 Å². The number of ether oxygens (including phenoxy) is 3. The van der Waals surface area contributed by atoms with Crippen molar-refractivity contribution in [1.29, 1.82) is 0 Å². The van der Waals surface area contributed by atoms with Crippen molar-refractivity contribution in [3.63, 3.8) is 0 Å². The van der Waals surface area contributed by atoms with Crippen molar-refractivity contribution in [2.45, 2.75) is 25.6 Å². The lowest BCUT2D eigenvalue weighted by molar-refractivity contribution is -0.0190. The second-order valence-electron chi connectivity index (χ2n) is 7.63. The molecule has 6 rings (SSSR count). The maximum absolute atomic E-state index is 6.40. The van der Waals surface area contributed by atoms with E-state index in [9.17, 15) is 0 Å². The van der Waals surface area contributed by atoms with Crippen LogP contribution in [-0.2, 0) is 0 Å². The average Bonchev–Trinajstić information content (AvgIpc) is 3.40. The SMILES string of the molecule is Cc1ccc([C@@H]2Oc3ccccc3[C@@H]3CC(c4ccc5c(c4)OCO5)=NN32)cc1. The maximum atomic E-state index is 6.40. The summed E-state index contributed by atoms with van der Waals surface area (Å²) in [4.78, 5) is 0. The van der Waals surface area contributed by atoms with E-state index in [1.807, 2.05) is 24.3 Å². The topological polar surface area (TPSA) is 43.3 Å². The predicted molar refractivity (Wildman–Crippen MR) is 109 cm³/mol. The number of aryl methyl sites for hydroxylation is 1. The number of nitrogens with zero attached hydrogens (tertiary/aromatic N) is 2. The van der Waals surface area contributed by atoms with Crippen molar-refractivity contribution >= 4 is 5.71 Å². The zero-order valence-electron chi connectivity index (χ0n) is 16.0. The van der Waals surface area contributed by atoms with Gasteiger partial charge in [-0.05, 0) is 31.2 Å². The van der Waals surface area contributed by atoms with Gasteiger partial charge in [-0.1, -0.05) is 48.0 Å². The largest absolute Gasteiger partial charge is 0.464 e. The van der Waals surface area contributed by atoms with Crippen molar-refractivity contribution in [2.75, 3.05) is 6.79 Å². The maximum Gasteiger partial charge on any atom is 0.231 e. The molecular formula is C24H20N2O3. The highest BCUT2D eigenvalue weighted by atomic mass is 16.7. The molecule has 0 radical (unpaired) electrons. The highest BCUT2D eigenvalue weighted by molar-refractivity contribution is 6.02. The van der Waals surface area contributed by atoms with E-state index in [0.29, 0.717) is 0 Å². The van der Waals surface area contributed by atoms with Gasteiger partial charge in [-0.3, -0.25) is 0 Å². The van der Waals surface area contributed by atoms with Gasteiger partial charge in [-0.15, -0.1) is 0 Å². The Kier molecular flexibility index (Phi) is 3.57. The predicted octanol–water partition coefficient (Wildman–Crippen LogP) is 4.97. The Bertz CT molecular complexity index is 1120. The minimum absolute atomic E-state index is 0.145. The minimum Gasteiger partial charge on any atom is -0.464 e. The van der Waals surface area contributed by atoms with Gasteiger partial charge in [0.25, 0.3) is 0 Å². The highest BCUT2D eigenvalue weighted by Gasteiger charge is 2.41. The number of benzene rings is 3. The highest BCUT2D eigenvalue weighted by Crippen LogP contribution is 2.47. The molecule has 0 aliphatic carbocycles. The monoisotopic (exact) mass is 384 g/mol. The van der Waals surface area contributed by atoms with Crippen LogP contribution in [-0.4, -0.2) is 17.5 Å². The van der Waals surface area contributed by atoms with Gasteiger partial charge in [0.1, 0.15) is 5.75 Å². The Labute approximate surface area is 169 Å². The number of para-hydroxylation sites is 1. The molecule has 0 N–H and O–H groups in total. The minimum atomic E-state index is -0.248. The van der Waals surface area contributed by atoms with Gasteiger partial charge in [-0.25, -0.2) is 5.01 Å². The summed E-state index contributed by atoms with van der Waals surface area (Å²) >= 11 is 0. The number of rotatable bonds is 2.